The van der Waals surface area contributed by atoms with Gasteiger partial charge in [-0.25, -0.2) is 4.90 Å². The molecule has 4 aliphatic carbocycles. The van der Waals surface area contributed by atoms with Crippen LogP contribution in [0.4, 0.5) is 5.69 Å². The number of carbonyl (C=O) groups is 3. The summed E-state index contributed by atoms with van der Waals surface area (Å²) in [4.78, 5) is 46.5. The van der Waals surface area contributed by atoms with Gasteiger partial charge < -0.3 is 9.64 Å². The lowest BCUT2D eigenvalue weighted by Gasteiger charge is -2.57. The molecule has 36 heavy (non-hydrogen) atoms. The molecule has 2 saturated heterocycles. The Morgan fingerprint density at radius 3 is 2.22 bits per heavy atom. The first-order valence-electron chi connectivity index (χ1n) is 13.4. The van der Waals surface area contributed by atoms with Crippen molar-refractivity contribution in [3.05, 3.63) is 29.8 Å². The van der Waals surface area contributed by atoms with E-state index in [1.54, 1.807) is 29.2 Å². The number of morpholine rings is 1. The van der Waals surface area contributed by atoms with Crippen LogP contribution in [0.1, 0.15) is 50.5 Å². The number of amides is 3. The third-order valence-electron chi connectivity index (χ3n) is 9.27. The topological polar surface area (TPSA) is 93.9 Å². The second-order valence-corrected chi connectivity index (χ2v) is 11.6. The van der Waals surface area contributed by atoms with E-state index in [2.05, 4.69) is 11.0 Å². The molecule has 1 aromatic carbocycles. The molecule has 1 unspecified atom stereocenters. The summed E-state index contributed by atoms with van der Waals surface area (Å²) in [6, 6.07) is 7.79. The van der Waals surface area contributed by atoms with Crippen LogP contribution in [0.2, 0.25) is 0 Å². The predicted octanol–water partition coefficient (Wildman–Crippen LogP) is 2.57. The highest BCUT2D eigenvalue weighted by molar-refractivity contribution is 6.23. The van der Waals surface area contributed by atoms with Crippen molar-refractivity contribution in [3.63, 3.8) is 0 Å². The molecule has 0 aromatic heterocycles. The minimum atomic E-state index is -0.769. The van der Waals surface area contributed by atoms with Crippen molar-refractivity contribution < 1.29 is 19.1 Å². The number of imide groups is 1. The number of hydrogen-bond acceptors (Lipinski definition) is 6. The second-order valence-electron chi connectivity index (χ2n) is 11.6. The molecule has 6 aliphatic rings. The van der Waals surface area contributed by atoms with Gasteiger partial charge in [0.05, 0.1) is 42.4 Å². The smallest absolute Gasteiger partial charge is 0.257 e. The molecule has 1 atom stereocenters. The van der Waals surface area contributed by atoms with Gasteiger partial charge in [0, 0.05) is 26.2 Å². The molecule has 190 valence electrons. The van der Waals surface area contributed by atoms with Crippen LogP contribution >= 0.6 is 0 Å². The SMILES string of the molecule is N#Cc1ccc(N2C(=O)CC(N(CCN3CCOCC3)C(=O)C34CC5CC(CC(C5)C3)C4)C2=O)cc1. The van der Waals surface area contributed by atoms with Gasteiger partial charge in [-0.1, -0.05) is 0 Å². The van der Waals surface area contributed by atoms with Gasteiger partial charge in [-0.2, -0.15) is 5.26 Å². The normalized spacial score (nSPS) is 33.7. The molecule has 0 spiro atoms. The van der Waals surface area contributed by atoms with Crippen LogP contribution in [0.15, 0.2) is 24.3 Å². The molecule has 8 nitrogen and oxygen atoms in total. The van der Waals surface area contributed by atoms with E-state index in [0.29, 0.717) is 55.3 Å². The molecule has 2 aliphatic heterocycles. The zero-order valence-electron chi connectivity index (χ0n) is 20.7. The molecule has 0 N–H and O–H groups in total. The minimum absolute atomic E-state index is 0.0139. The Kier molecular flexibility index (Phi) is 6.09. The molecule has 0 radical (unpaired) electrons. The molecule has 4 saturated carbocycles. The van der Waals surface area contributed by atoms with E-state index in [-0.39, 0.29) is 29.6 Å². The average Bonchev–Trinajstić information content (AvgIpc) is 3.17. The van der Waals surface area contributed by atoms with Gasteiger partial charge in [-0.15, -0.1) is 0 Å². The molecular weight excluding hydrogens is 456 g/mol. The van der Waals surface area contributed by atoms with Crippen LogP contribution in [0.25, 0.3) is 0 Å². The van der Waals surface area contributed by atoms with Crippen molar-refractivity contribution in [3.8, 4) is 6.07 Å². The standard InChI is InChI=1S/C28H34N4O4/c29-18-19-1-3-23(4-2-19)32-25(33)14-24(26(32)34)31(6-5-30-7-9-36-10-8-30)27(35)28-15-20-11-21(16-28)13-22(12-20)17-28/h1-4,20-22,24H,5-17H2. The van der Waals surface area contributed by atoms with Crippen LogP contribution in [-0.2, 0) is 19.1 Å². The number of carbonyl (C=O) groups excluding carboxylic acids is 3. The number of ether oxygens (including phenoxy) is 1. The van der Waals surface area contributed by atoms with Crippen molar-refractivity contribution in [1.29, 1.82) is 5.26 Å². The highest BCUT2D eigenvalue weighted by atomic mass is 16.5. The summed E-state index contributed by atoms with van der Waals surface area (Å²) in [5, 5.41) is 9.10. The monoisotopic (exact) mass is 490 g/mol. The highest BCUT2D eigenvalue weighted by Crippen LogP contribution is 2.60. The maximum atomic E-state index is 14.4. The van der Waals surface area contributed by atoms with Crippen molar-refractivity contribution in [2.75, 3.05) is 44.3 Å². The van der Waals surface area contributed by atoms with E-state index < -0.39 is 6.04 Å². The molecule has 7 rings (SSSR count). The summed E-state index contributed by atoms with van der Waals surface area (Å²) in [5.41, 5.74) is 0.561. The molecule has 3 amide bonds. The molecular formula is C28H34N4O4. The van der Waals surface area contributed by atoms with Crippen molar-refractivity contribution in [1.82, 2.24) is 9.80 Å². The zero-order valence-corrected chi connectivity index (χ0v) is 20.7. The quantitative estimate of drug-likeness (QED) is 0.569. The van der Waals surface area contributed by atoms with Crippen LogP contribution in [0, 0.1) is 34.5 Å². The Bertz CT molecular complexity index is 1050. The summed E-state index contributed by atoms with van der Waals surface area (Å²) in [5.74, 6) is 1.35. The van der Waals surface area contributed by atoms with Gasteiger partial charge >= 0.3 is 0 Å². The lowest BCUT2D eigenvalue weighted by molar-refractivity contribution is -0.162. The maximum absolute atomic E-state index is 14.4. The minimum Gasteiger partial charge on any atom is -0.379 e. The molecule has 8 heteroatoms. The van der Waals surface area contributed by atoms with E-state index in [4.69, 9.17) is 10.00 Å². The summed E-state index contributed by atoms with van der Waals surface area (Å²) in [6.07, 6.45) is 6.54. The van der Waals surface area contributed by atoms with Crippen LogP contribution in [0.5, 0.6) is 0 Å². The number of rotatable bonds is 6. The summed E-state index contributed by atoms with van der Waals surface area (Å²) in [6.45, 7) is 4.11. The lowest BCUT2D eigenvalue weighted by atomic mass is 9.49. The molecule has 2 heterocycles. The van der Waals surface area contributed by atoms with Gasteiger partial charge in [0.1, 0.15) is 6.04 Å². The van der Waals surface area contributed by atoms with E-state index in [1.165, 1.54) is 24.2 Å². The van der Waals surface area contributed by atoms with Crippen molar-refractivity contribution >= 4 is 23.4 Å². The maximum Gasteiger partial charge on any atom is 0.257 e. The van der Waals surface area contributed by atoms with E-state index in [9.17, 15) is 14.4 Å². The Labute approximate surface area is 212 Å². The third-order valence-corrected chi connectivity index (χ3v) is 9.27. The van der Waals surface area contributed by atoms with Crippen LogP contribution in [0.3, 0.4) is 0 Å². The molecule has 1 aromatic rings. The first-order chi connectivity index (χ1) is 17.5. The van der Waals surface area contributed by atoms with Gasteiger partial charge in [0.15, 0.2) is 0 Å². The second kappa shape index (κ2) is 9.28. The fourth-order valence-corrected chi connectivity index (χ4v) is 7.97. The number of benzene rings is 1. The summed E-state index contributed by atoms with van der Waals surface area (Å²) >= 11 is 0. The van der Waals surface area contributed by atoms with E-state index in [1.807, 2.05) is 0 Å². The lowest BCUT2D eigenvalue weighted by Crippen LogP contribution is -2.58. The van der Waals surface area contributed by atoms with E-state index >= 15 is 0 Å². The predicted molar refractivity (Wildman–Crippen MR) is 132 cm³/mol. The Morgan fingerprint density at radius 2 is 1.64 bits per heavy atom. The summed E-state index contributed by atoms with van der Waals surface area (Å²) in [7, 11) is 0. The number of nitriles is 1. The van der Waals surface area contributed by atoms with E-state index in [0.717, 1.165) is 32.4 Å². The molecule has 4 bridgehead atoms. The number of hydrogen-bond donors (Lipinski definition) is 0. The zero-order chi connectivity index (χ0) is 24.9. The van der Waals surface area contributed by atoms with Gasteiger partial charge in [-0.05, 0) is 80.5 Å². The largest absolute Gasteiger partial charge is 0.379 e. The average molecular weight is 491 g/mol. The third kappa shape index (κ3) is 4.12. The first-order valence-corrected chi connectivity index (χ1v) is 13.4. The van der Waals surface area contributed by atoms with Crippen LogP contribution in [-0.4, -0.2) is 73.0 Å². The first kappa shape index (κ1) is 23.6. The fraction of sp³-hybridized carbons (Fsp3) is 0.643. The van der Waals surface area contributed by atoms with Crippen LogP contribution < -0.4 is 4.90 Å². The summed E-state index contributed by atoms with van der Waals surface area (Å²) < 4.78 is 5.48. The highest BCUT2D eigenvalue weighted by Gasteiger charge is 2.57. The Balaban J connectivity index is 1.27. The van der Waals surface area contributed by atoms with Crippen molar-refractivity contribution in [2.24, 2.45) is 23.2 Å². The number of nitrogens with zero attached hydrogens (tertiary/aromatic N) is 4. The van der Waals surface area contributed by atoms with Gasteiger partial charge in [0.25, 0.3) is 5.91 Å². The number of anilines is 1. The Morgan fingerprint density at radius 1 is 1.03 bits per heavy atom. The van der Waals surface area contributed by atoms with Gasteiger partial charge in [0.2, 0.25) is 11.8 Å². The van der Waals surface area contributed by atoms with Crippen molar-refractivity contribution in [2.45, 2.75) is 51.0 Å². The fourth-order valence-electron chi connectivity index (χ4n) is 7.97. The van der Waals surface area contributed by atoms with Gasteiger partial charge in [-0.3, -0.25) is 19.3 Å². The molecule has 6 fully saturated rings. The Hall–Kier alpha value is -2.76.